The van der Waals surface area contributed by atoms with Crippen molar-refractivity contribution in [2.45, 2.75) is 45.7 Å². The zero-order valence-electron chi connectivity index (χ0n) is 11.8. The summed E-state index contributed by atoms with van der Waals surface area (Å²) in [5.41, 5.74) is 2.70. The van der Waals surface area contributed by atoms with Gasteiger partial charge in [-0.15, -0.1) is 0 Å². The fraction of sp³-hybridized carbons (Fsp3) is 0.600. The van der Waals surface area contributed by atoms with Crippen molar-refractivity contribution in [3.63, 3.8) is 0 Å². The lowest BCUT2D eigenvalue weighted by Crippen LogP contribution is -2.47. The molecule has 0 amide bonds. The fourth-order valence-corrected chi connectivity index (χ4v) is 2.79. The van der Waals surface area contributed by atoms with Crippen LogP contribution in [-0.2, 0) is 0 Å². The van der Waals surface area contributed by atoms with Gasteiger partial charge in [0.25, 0.3) is 0 Å². The Bertz CT molecular complexity index is 429. The van der Waals surface area contributed by atoms with E-state index in [1.54, 1.807) is 0 Å². The van der Waals surface area contributed by atoms with Gasteiger partial charge in [-0.05, 0) is 58.4 Å². The maximum absolute atomic E-state index is 6.15. The molecule has 1 heterocycles. The number of aryl methyl sites for hydroxylation is 1. The molecule has 0 aromatic heterocycles. The van der Waals surface area contributed by atoms with Crippen molar-refractivity contribution in [1.82, 2.24) is 5.32 Å². The molecule has 18 heavy (non-hydrogen) atoms. The van der Waals surface area contributed by atoms with Gasteiger partial charge in [0.05, 0.1) is 0 Å². The molecule has 0 radical (unpaired) electrons. The summed E-state index contributed by atoms with van der Waals surface area (Å²) in [6.45, 7) is 11.1. The molecule has 1 aromatic rings. The first-order valence-electron chi connectivity index (χ1n) is 6.67. The Morgan fingerprint density at radius 1 is 1.39 bits per heavy atom. The molecule has 0 aliphatic carbocycles. The second-order valence-corrected chi connectivity index (χ2v) is 6.44. The van der Waals surface area contributed by atoms with Crippen molar-refractivity contribution in [2.75, 3.05) is 18.0 Å². The van der Waals surface area contributed by atoms with E-state index in [1.807, 2.05) is 6.07 Å². The molecule has 1 aromatic carbocycles. The van der Waals surface area contributed by atoms with Crippen LogP contribution in [0.25, 0.3) is 0 Å². The highest BCUT2D eigenvalue weighted by Crippen LogP contribution is 2.29. The van der Waals surface area contributed by atoms with Crippen LogP contribution in [0.1, 0.15) is 32.8 Å². The predicted octanol–water partition coefficient (Wildman–Crippen LogP) is 3.62. The molecule has 1 unspecified atom stereocenters. The Morgan fingerprint density at radius 2 is 2.11 bits per heavy atom. The summed E-state index contributed by atoms with van der Waals surface area (Å²) in [6.07, 6.45) is 1.16. The van der Waals surface area contributed by atoms with Crippen LogP contribution in [0.3, 0.4) is 0 Å². The molecule has 1 aliphatic heterocycles. The minimum atomic E-state index is 0.138. The summed E-state index contributed by atoms with van der Waals surface area (Å²) in [5, 5.41) is 4.43. The maximum atomic E-state index is 6.15. The minimum Gasteiger partial charge on any atom is -0.367 e. The monoisotopic (exact) mass is 266 g/mol. The van der Waals surface area contributed by atoms with Crippen LogP contribution >= 0.6 is 11.6 Å². The number of hydrogen-bond acceptors (Lipinski definition) is 2. The lowest BCUT2D eigenvalue weighted by Gasteiger charge is -2.35. The normalized spacial score (nSPS) is 23.8. The lowest BCUT2D eigenvalue weighted by molar-refractivity contribution is 0.415. The summed E-state index contributed by atoms with van der Waals surface area (Å²) in [5.74, 6) is 0. The van der Waals surface area contributed by atoms with E-state index in [0.717, 1.165) is 24.5 Å². The quantitative estimate of drug-likeness (QED) is 0.835. The third kappa shape index (κ3) is 2.99. The van der Waals surface area contributed by atoms with Gasteiger partial charge in [0, 0.05) is 28.8 Å². The zero-order valence-corrected chi connectivity index (χ0v) is 12.5. The van der Waals surface area contributed by atoms with Crippen molar-refractivity contribution in [2.24, 2.45) is 0 Å². The predicted molar refractivity (Wildman–Crippen MR) is 79.7 cm³/mol. The molecule has 2 rings (SSSR count). The highest BCUT2D eigenvalue weighted by molar-refractivity contribution is 6.30. The van der Waals surface area contributed by atoms with E-state index < -0.39 is 0 Å². The Kier molecular flexibility index (Phi) is 3.88. The summed E-state index contributed by atoms with van der Waals surface area (Å²) in [4.78, 5) is 2.49. The van der Waals surface area contributed by atoms with E-state index in [9.17, 15) is 0 Å². The first kappa shape index (κ1) is 13.7. The summed E-state index contributed by atoms with van der Waals surface area (Å²) in [6, 6.07) is 6.70. The zero-order chi connectivity index (χ0) is 13.3. The van der Waals surface area contributed by atoms with Gasteiger partial charge < -0.3 is 10.2 Å². The van der Waals surface area contributed by atoms with Crippen molar-refractivity contribution in [1.29, 1.82) is 0 Å². The van der Waals surface area contributed by atoms with Crippen LogP contribution in [0.4, 0.5) is 5.69 Å². The average molecular weight is 267 g/mol. The number of hydrogen-bond donors (Lipinski definition) is 1. The van der Waals surface area contributed by atoms with Gasteiger partial charge in [0.2, 0.25) is 0 Å². The van der Waals surface area contributed by atoms with Crippen molar-refractivity contribution >= 4 is 17.3 Å². The Hall–Kier alpha value is -0.730. The second-order valence-electron chi connectivity index (χ2n) is 6.01. The molecule has 0 bridgehead atoms. The first-order valence-corrected chi connectivity index (χ1v) is 7.05. The molecule has 1 N–H and O–H groups in total. The minimum absolute atomic E-state index is 0.138. The number of anilines is 1. The summed E-state index contributed by atoms with van der Waals surface area (Å²) in [7, 11) is 0. The van der Waals surface area contributed by atoms with Gasteiger partial charge in [0.1, 0.15) is 0 Å². The van der Waals surface area contributed by atoms with E-state index in [2.05, 4.69) is 50.0 Å². The van der Waals surface area contributed by atoms with Gasteiger partial charge in [-0.2, -0.15) is 0 Å². The number of halogens is 1. The van der Waals surface area contributed by atoms with Crippen LogP contribution in [-0.4, -0.2) is 24.7 Å². The van der Waals surface area contributed by atoms with E-state index in [1.165, 1.54) is 11.3 Å². The van der Waals surface area contributed by atoms with Crippen LogP contribution in [0.5, 0.6) is 0 Å². The summed E-state index contributed by atoms with van der Waals surface area (Å²) < 4.78 is 0. The van der Waals surface area contributed by atoms with E-state index >= 15 is 0 Å². The van der Waals surface area contributed by atoms with E-state index in [0.29, 0.717) is 6.04 Å². The van der Waals surface area contributed by atoms with Crippen LogP contribution in [0, 0.1) is 6.92 Å². The average Bonchev–Trinajstić information content (AvgIpc) is 2.41. The van der Waals surface area contributed by atoms with E-state index in [4.69, 9.17) is 11.6 Å². The molecule has 100 valence electrons. The van der Waals surface area contributed by atoms with Crippen molar-refractivity contribution in [3.8, 4) is 0 Å². The molecule has 1 atom stereocenters. The van der Waals surface area contributed by atoms with Crippen LogP contribution in [0.15, 0.2) is 18.2 Å². The molecule has 2 nitrogen and oxygen atoms in total. The molecule has 1 fully saturated rings. The van der Waals surface area contributed by atoms with Gasteiger partial charge in [-0.3, -0.25) is 0 Å². The van der Waals surface area contributed by atoms with E-state index in [-0.39, 0.29) is 5.54 Å². The highest BCUT2D eigenvalue weighted by Gasteiger charge is 2.28. The van der Waals surface area contributed by atoms with Crippen LogP contribution < -0.4 is 10.2 Å². The Morgan fingerprint density at radius 3 is 2.83 bits per heavy atom. The van der Waals surface area contributed by atoms with Gasteiger partial charge >= 0.3 is 0 Å². The summed E-state index contributed by atoms with van der Waals surface area (Å²) >= 11 is 6.15. The molecule has 1 saturated heterocycles. The first-order chi connectivity index (χ1) is 8.39. The van der Waals surface area contributed by atoms with Crippen molar-refractivity contribution < 1.29 is 0 Å². The molecule has 1 aliphatic rings. The maximum Gasteiger partial charge on any atom is 0.0426 e. The standard InChI is InChI=1S/C15H23ClN2/c1-11-5-6-13(16)9-14(11)18-10-15(3,4)17-8-7-12(18)2/h5-6,9,12,17H,7-8,10H2,1-4H3. The van der Waals surface area contributed by atoms with Gasteiger partial charge in [0.15, 0.2) is 0 Å². The SMILES string of the molecule is Cc1ccc(Cl)cc1N1CC(C)(C)NCCC1C. The molecule has 3 heteroatoms. The second kappa shape index (κ2) is 5.10. The van der Waals surface area contributed by atoms with Crippen molar-refractivity contribution in [3.05, 3.63) is 28.8 Å². The topological polar surface area (TPSA) is 15.3 Å². The highest BCUT2D eigenvalue weighted by atomic mass is 35.5. The number of benzene rings is 1. The molecular weight excluding hydrogens is 244 g/mol. The third-order valence-corrected chi connectivity index (χ3v) is 3.98. The molecule has 0 spiro atoms. The van der Waals surface area contributed by atoms with Gasteiger partial charge in [-0.1, -0.05) is 17.7 Å². The molecule has 0 saturated carbocycles. The smallest absolute Gasteiger partial charge is 0.0426 e. The fourth-order valence-electron chi connectivity index (χ4n) is 2.63. The Balaban J connectivity index is 2.36. The Labute approximate surface area is 115 Å². The number of rotatable bonds is 1. The van der Waals surface area contributed by atoms with Crippen LogP contribution in [0.2, 0.25) is 5.02 Å². The number of nitrogens with one attached hydrogen (secondary N) is 1. The lowest BCUT2D eigenvalue weighted by atomic mass is 10.0. The molecular formula is C15H23ClN2. The third-order valence-electron chi connectivity index (χ3n) is 3.74. The largest absolute Gasteiger partial charge is 0.367 e. The number of nitrogens with zero attached hydrogens (tertiary/aromatic N) is 1. The van der Waals surface area contributed by atoms with Gasteiger partial charge in [-0.25, -0.2) is 0 Å².